The summed E-state index contributed by atoms with van der Waals surface area (Å²) < 4.78 is 1.99. The molecule has 0 bridgehead atoms. The zero-order chi connectivity index (χ0) is 10.7. The third-order valence-electron chi connectivity index (χ3n) is 2.56. The first-order valence-electron chi connectivity index (χ1n) is 4.90. The maximum absolute atomic E-state index is 6.07. The molecule has 1 heterocycles. The quantitative estimate of drug-likeness (QED) is 0.790. The second kappa shape index (κ2) is 5.08. The van der Waals surface area contributed by atoms with Gasteiger partial charge in [0.2, 0.25) is 0 Å². The number of halogens is 1. The van der Waals surface area contributed by atoms with Gasteiger partial charge in [0.05, 0.1) is 16.4 Å². The Labute approximate surface area is 96.1 Å². The first-order chi connectivity index (χ1) is 6.60. The van der Waals surface area contributed by atoms with E-state index in [1.54, 1.807) is 0 Å². The SMILES string of the molecule is CCC(CS)Cn1nc(C)c(Cl)c1C. The van der Waals surface area contributed by atoms with Gasteiger partial charge in [-0.1, -0.05) is 24.9 Å². The van der Waals surface area contributed by atoms with E-state index in [9.17, 15) is 0 Å². The van der Waals surface area contributed by atoms with Crippen LogP contribution in [0.15, 0.2) is 0 Å². The van der Waals surface area contributed by atoms with Crippen LogP contribution in [0.5, 0.6) is 0 Å². The van der Waals surface area contributed by atoms with E-state index in [-0.39, 0.29) is 0 Å². The van der Waals surface area contributed by atoms with Crippen LogP contribution in [0.25, 0.3) is 0 Å². The normalized spacial score (nSPS) is 13.2. The third-order valence-corrected chi connectivity index (χ3v) is 3.62. The summed E-state index contributed by atoms with van der Waals surface area (Å²) in [6.07, 6.45) is 1.12. The van der Waals surface area contributed by atoms with E-state index in [1.807, 2.05) is 18.5 Å². The molecule has 0 aromatic carbocycles. The number of nitrogens with zero attached hydrogens (tertiary/aromatic N) is 2. The molecular formula is C10H17ClN2S. The molecule has 4 heteroatoms. The molecule has 80 valence electrons. The average Bonchev–Trinajstić information content (AvgIpc) is 2.42. The maximum atomic E-state index is 6.07. The summed E-state index contributed by atoms with van der Waals surface area (Å²) in [6.45, 7) is 7.04. The van der Waals surface area contributed by atoms with Gasteiger partial charge in [-0.15, -0.1) is 0 Å². The molecule has 0 aliphatic carbocycles. The van der Waals surface area contributed by atoms with Gasteiger partial charge in [-0.2, -0.15) is 17.7 Å². The van der Waals surface area contributed by atoms with Crippen molar-refractivity contribution < 1.29 is 0 Å². The van der Waals surface area contributed by atoms with Crippen molar-refractivity contribution in [2.75, 3.05) is 5.75 Å². The molecule has 0 spiro atoms. The Morgan fingerprint density at radius 3 is 2.50 bits per heavy atom. The summed E-state index contributed by atoms with van der Waals surface area (Å²) in [7, 11) is 0. The van der Waals surface area contributed by atoms with Gasteiger partial charge in [-0.25, -0.2) is 0 Å². The van der Waals surface area contributed by atoms with Gasteiger partial charge in [-0.05, 0) is 25.5 Å². The Balaban J connectivity index is 2.81. The Morgan fingerprint density at radius 2 is 2.14 bits per heavy atom. The summed E-state index contributed by atoms with van der Waals surface area (Å²) in [6, 6.07) is 0. The molecule has 1 atom stereocenters. The second-order valence-electron chi connectivity index (χ2n) is 3.62. The Hall–Kier alpha value is -0.150. The molecule has 0 fully saturated rings. The fraction of sp³-hybridized carbons (Fsp3) is 0.700. The van der Waals surface area contributed by atoms with Crippen molar-refractivity contribution >= 4 is 24.2 Å². The van der Waals surface area contributed by atoms with Crippen molar-refractivity contribution in [3.63, 3.8) is 0 Å². The van der Waals surface area contributed by atoms with Crippen LogP contribution in [0.2, 0.25) is 5.02 Å². The minimum Gasteiger partial charge on any atom is -0.268 e. The number of hydrogen-bond acceptors (Lipinski definition) is 2. The van der Waals surface area contributed by atoms with Gasteiger partial charge in [0.15, 0.2) is 0 Å². The minimum atomic E-state index is 0.576. The molecule has 0 N–H and O–H groups in total. The van der Waals surface area contributed by atoms with E-state index in [1.165, 1.54) is 0 Å². The first-order valence-corrected chi connectivity index (χ1v) is 5.91. The lowest BCUT2D eigenvalue weighted by molar-refractivity contribution is 0.438. The monoisotopic (exact) mass is 232 g/mol. The smallest absolute Gasteiger partial charge is 0.0844 e. The van der Waals surface area contributed by atoms with Crippen LogP contribution in [0, 0.1) is 19.8 Å². The van der Waals surface area contributed by atoms with Crippen molar-refractivity contribution in [2.24, 2.45) is 5.92 Å². The second-order valence-corrected chi connectivity index (χ2v) is 4.37. The van der Waals surface area contributed by atoms with E-state index < -0.39 is 0 Å². The molecular weight excluding hydrogens is 216 g/mol. The van der Waals surface area contributed by atoms with E-state index in [0.29, 0.717) is 5.92 Å². The van der Waals surface area contributed by atoms with Crippen LogP contribution in [-0.4, -0.2) is 15.5 Å². The highest BCUT2D eigenvalue weighted by atomic mass is 35.5. The molecule has 0 amide bonds. The Morgan fingerprint density at radius 1 is 1.50 bits per heavy atom. The summed E-state index contributed by atoms with van der Waals surface area (Å²) >= 11 is 10.4. The standard InChI is InChI=1S/C10H17ClN2S/c1-4-9(6-14)5-13-8(3)10(11)7(2)12-13/h9,14H,4-6H2,1-3H3. The van der Waals surface area contributed by atoms with Crippen LogP contribution in [0.4, 0.5) is 0 Å². The summed E-state index contributed by atoms with van der Waals surface area (Å²) in [5.74, 6) is 1.47. The van der Waals surface area contributed by atoms with Crippen LogP contribution < -0.4 is 0 Å². The van der Waals surface area contributed by atoms with Gasteiger partial charge in [0.25, 0.3) is 0 Å². The zero-order valence-electron chi connectivity index (χ0n) is 8.92. The first kappa shape index (κ1) is 11.9. The highest BCUT2D eigenvalue weighted by Gasteiger charge is 2.12. The zero-order valence-corrected chi connectivity index (χ0v) is 10.6. The number of rotatable bonds is 4. The van der Waals surface area contributed by atoms with Gasteiger partial charge in [-0.3, -0.25) is 4.68 Å². The Bertz CT molecular complexity index is 305. The Kier molecular flexibility index (Phi) is 4.32. The number of aromatic nitrogens is 2. The van der Waals surface area contributed by atoms with Crippen molar-refractivity contribution in [3.8, 4) is 0 Å². The van der Waals surface area contributed by atoms with Crippen molar-refractivity contribution in [2.45, 2.75) is 33.7 Å². The van der Waals surface area contributed by atoms with Crippen LogP contribution in [0.3, 0.4) is 0 Å². The molecule has 0 radical (unpaired) electrons. The minimum absolute atomic E-state index is 0.576. The molecule has 14 heavy (non-hydrogen) atoms. The van der Waals surface area contributed by atoms with Crippen molar-refractivity contribution in [1.82, 2.24) is 9.78 Å². The van der Waals surface area contributed by atoms with Gasteiger partial charge in [0, 0.05) is 6.54 Å². The number of aryl methyl sites for hydroxylation is 1. The lowest BCUT2D eigenvalue weighted by Crippen LogP contribution is -2.13. The number of hydrogen-bond donors (Lipinski definition) is 1. The fourth-order valence-electron chi connectivity index (χ4n) is 1.41. The van der Waals surface area contributed by atoms with Gasteiger partial charge in [0.1, 0.15) is 0 Å². The van der Waals surface area contributed by atoms with Gasteiger partial charge < -0.3 is 0 Å². The summed E-state index contributed by atoms with van der Waals surface area (Å²) in [4.78, 5) is 0. The predicted octanol–water partition coefficient (Wildman–Crippen LogP) is 3.11. The molecule has 0 saturated heterocycles. The maximum Gasteiger partial charge on any atom is 0.0844 e. The molecule has 0 saturated carbocycles. The highest BCUT2D eigenvalue weighted by Crippen LogP contribution is 2.20. The third kappa shape index (κ3) is 2.45. The molecule has 0 aliphatic heterocycles. The summed E-state index contributed by atoms with van der Waals surface area (Å²) in [5, 5.41) is 5.19. The molecule has 0 aliphatic rings. The molecule has 1 aromatic rings. The van der Waals surface area contributed by atoms with E-state index in [0.717, 1.165) is 35.1 Å². The van der Waals surface area contributed by atoms with Crippen molar-refractivity contribution in [3.05, 3.63) is 16.4 Å². The summed E-state index contributed by atoms with van der Waals surface area (Å²) in [5.41, 5.74) is 1.97. The highest BCUT2D eigenvalue weighted by molar-refractivity contribution is 7.80. The van der Waals surface area contributed by atoms with E-state index in [4.69, 9.17) is 11.6 Å². The molecule has 1 unspecified atom stereocenters. The average molecular weight is 233 g/mol. The number of thiol groups is 1. The molecule has 2 nitrogen and oxygen atoms in total. The molecule has 1 rings (SSSR count). The predicted molar refractivity (Wildman–Crippen MR) is 64.3 cm³/mol. The van der Waals surface area contributed by atoms with Crippen LogP contribution in [0.1, 0.15) is 24.7 Å². The lowest BCUT2D eigenvalue weighted by atomic mass is 10.1. The largest absolute Gasteiger partial charge is 0.268 e. The van der Waals surface area contributed by atoms with E-state index in [2.05, 4.69) is 24.7 Å². The fourth-order valence-corrected chi connectivity index (χ4v) is 1.92. The van der Waals surface area contributed by atoms with Crippen molar-refractivity contribution in [1.29, 1.82) is 0 Å². The van der Waals surface area contributed by atoms with Gasteiger partial charge >= 0.3 is 0 Å². The van der Waals surface area contributed by atoms with E-state index >= 15 is 0 Å². The van der Waals surface area contributed by atoms with Crippen LogP contribution >= 0.6 is 24.2 Å². The molecule has 1 aromatic heterocycles. The van der Waals surface area contributed by atoms with Crippen LogP contribution in [-0.2, 0) is 6.54 Å². The topological polar surface area (TPSA) is 17.8 Å². The lowest BCUT2D eigenvalue weighted by Gasteiger charge is -2.12.